The van der Waals surface area contributed by atoms with Gasteiger partial charge in [0.15, 0.2) is 0 Å². The predicted octanol–water partition coefficient (Wildman–Crippen LogP) is 1.90. The minimum atomic E-state index is -0.495. The van der Waals surface area contributed by atoms with Crippen molar-refractivity contribution in [1.29, 1.82) is 0 Å². The molecule has 20 heavy (non-hydrogen) atoms. The summed E-state index contributed by atoms with van der Waals surface area (Å²) in [6.45, 7) is 3.71. The van der Waals surface area contributed by atoms with Gasteiger partial charge in [0.25, 0.3) is 0 Å². The summed E-state index contributed by atoms with van der Waals surface area (Å²) < 4.78 is 10.9. The molecule has 0 aromatic rings. The van der Waals surface area contributed by atoms with Crippen LogP contribution < -0.4 is 0 Å². The monoisotopic (exact) mass is 274 g/mol. The maximum Gasteiger partial charge on any atom is 0.321 e. The van der Waals surface area contributed by atoms with Crippen molar-refractivity contribution in [3.05, 3.63) is 12.8 Å². The van der Waals surface area contributed by atoms with Crippen LogP contribution >= 0.6 is 0 Å². The number of esters is 2. The van der Waals surface area contributed by atoms with Crippen molar-refractivity contribution >= 4 is 11.9 Å². The number of hydrogen-bond acceptors (Lipinski definition) is 4. The second-order valence-electron chi connectivity index (χ2n) is 7.29. The molecule has 8 atom stereocenters. The highest BCUT2D eigenvalue weighted by molar-refractivity contribution is 5.98. The van der Waals surface area contributed by atoms with Gasteiger partial charge in [0, 0.05) is 5.92 Å². The third-order valence-corrected chi connectivity index (χ3v) is 6.97. The Morgan fingerprint density at radius 1 is 1.25 bits per heavy atom. The highest BCUT2D eigenvalue weighted by Gasteiger charge is 2.79. The highest BCUT2D eigenvalue weighted by Crippen LogP contribution is 2.74. The van der Waals surface area contributed by atoms with Gasteiger partial charge in [0.1, 0.15) is 11.5 Å². The van der Waals surface area contributed by atoms with Crippen molar-refractivity contribution in [2.24, 2.45) is 41.4 Å². The number of ether oxygens (including phenoxy) is 2. The van der Waals surface area contributed by atoms with Crippen molar-refractivity contribution in [3.8, 4) is 0 Å². The van der Waals surface area contributed by atoms with Crippen LogP contribution in [0.5, 0.6) is 0 Å². The second kappa shape index (κ2) is 3.29. The molecule has 0 radical (unpaired) electrons. The number of hydrogen-bond donors (Lipinski definition) is 0. The lowest BCUT2D eigenvalue weighted by molar-refractivity contribution is -0.158. The van der Waals surface area contributed by atoms with Crippen molar-refractivity contribution in [2.45, 2.75) is 31.3 Å². The largest absolute Gasteiger partial charge is 0.494 e. The molecule has 106 valence electrons. The molecule has 0 amide bonds. The molecule has 5 aliphatic rings. The first-order valence-corrected chi connectivity index (χ1v) is 7.71. The van der Waals surface area contributed by atoms with Crippen molar-refractivity contribution in [3.63, 3.8) is 0 Å². The number of cyclic esters (lactones) is 2. The van der Waals surface area contributed by atoms with Gasteiger partial charge in [0.05, 0.1) is 12.2 Å². The van der Waals surface area contributed by atoms with Crippen molar-refractivity contribution in [1.82, 2.24) is 0 Å². The van der Waals surface area contributed by atoms with Crippen LogP contribution in [0.15, 0.2) is 12.8 Å². The normalized spacial score (nSPS) is 57.7. The zero-order valence-electron chi connectivity index (χ0n) is 11.3. The van der Waals surface area contributed by atoms with Crippen LogP contribution in [0.2, 0.25) is 0 Å². The predicted molar refractivity (Wildman–Crippen MR) is 68.0 cm³/mol. The molecule has 4 aliphatic carbocycles. The van der Waals surface area contributed by atoms with Crippen LogP contribution in [0.1, 0.15) is 25.7 Å². The zero-order valence-corrected chi connectivity index (χ0v) is 11.3. The Morgan fingerprint density at radius 3 is 2.85 bits per heavy atom. The van der Waals surface area contributed by atoms with Gasteiger partial charge in [0.2, 0.25) is 0 Å². The summed E-state index contributed by atoms with van der Waals surface area (Å²) in [7, 11) is 0. The van der Waals surface area contributed by atoms with E-state index in [9.17, 15) is 9.59 Å². The van der Waals surface area contributed by atoms with Gasteiger partial charge in [-0.3, -0.25) is 9.59 Å². The molecule has 4 saturated carbocycles. The van der Waals surface area contributed by atoms with E-state index in [0.29, 0.717) is 23.7 Å². The van der Waals surface area contributed by atoms with E-state index in [1.54, 1.807) is 0 Å². The van der Waals surface area contributed by atoms with Crippen LogP contribution in [0.4, 0.5) is 0 Å². The first-order chi connectivity index (χ1) is 9.67. The van der Waals surface area contributed by atoms with Gasteiger partial charge < -0.3 is 9.47 Å². The van der Waals surface area contributed by atoms with Crippen LogP contribution in [-0.2, 0) is 19.1 Å². The highest BCUT2D eigenvalue weighted by atomic mass is 16.6. The van der Waals surface area contributed by atoms with Crippen LogP contribution in [0, 0.1) is 41.4 Å². The average molecular weight is 274 g/mol. The average Bonchev–Trinajstić information content (AvgIpc) is 3.15. The summed E-state index contributed by atoms with van der Waals surface area (Å²) in [4.78, 5) is 24.2. The van der Waals surface area contributed by atoms with Crippen LogP contribution in [-0.4, -0.2) is 17.5 Å². The van der Waals surface area contributed by atoms with Crippen molar-refractivity contribution < 1.29 is 19.1 Å². The topological polar surface area (TPSA) is 52.6 Å². The summed E-state index contributed by atoms with van der Waals surface area (Å²) in [5.74, 6) is 1.40. The van der Waals surface area contributed by atoms with Crippen LogP contribution in [0.3, 0.4) is 0 Å². The Hall–Kier alpha value is -1.32. The van der Waals surface area contributed by atoms with Gasteiger partial charge in [-0.25, -0.2) is 0 Å². The summed E-state index contributed by atoms with van der Waals surface area (Å²) in [5.41, 5.74) is -0.495. The first-order valence-electron chi connectivity index (χ1n) is 7.71. The van der Waals surface area contributed by atoms with E-state index < -0.39 is 5.60 Å². The van der Waals surface area contributed by atoms with E-state index in [-0.39, 0.29) is 23.8 Å². The molecule has 1 heterocycles. The molecule has 0 aromatic heterocycles. The first kappa shape index (κ1) is 11.4. The molecular weight excluding hydrogens is 256 g/mol. The SMILES string of the molecule is C=COC12CC(C3C(=O)OC(=O)C31)C1C3CCC(C3)C12. The minimum absolute atomic E-state index is 0.247. The van der Waals surface area contributed by atoms with Crippen molar-refractivity contribution in [2.75, 3.05) is 0 Å². The maximum absolute atomic E-state index is 12.2. The zero-order chi connectivity index (χ0) is 13.6. The Balaban J connectivity index is 1.67. The van der Waals surface area contributed by atoms with E-state index in [1.165, 1.54) is 25.5 Å². The summed E-state index contributed by atoms with van der Waals surface area (Å²) >= 11 is 0. The molecular formula is C16H18O4. The minimum Gasteiger partial charge on any atom is -0.494 e. The van der Waals surface area contributed by atoms with E-state index >= 15 is 0 Å². The van der Waals surface area contributed by atoms with Gasteiger partial charge in [-0.1, -0.05) is 6.58 Å². The third kappa shape index (κ3) is 0.980. The van der Waals surface area contributed by atoms with E-state index in [4.69, 9.17) is 9.47 Å². The number of rotatable bonds is 2. The summed E-state index contributed by atoms with van der Waals surface area (Å²) in [6.07, 6.45) is 6.12. The summed E-state index contributed by atoms with van der Waals surface area (Å²) in [5, 5.41) is 0. The molecule has 4 bridgehead atoms. The lowest BCUT2D eigenvalue weighted by Crippen LogP contribution is -2.51. The molecule has 0 N–H and O–H groups in total. The van der Waals surface area contributed by atoms with Gasteiger partial charge in [-0.05, 0) is 49.4 Å². The van der Waals surface area contributed by atoms with Crippen LogP contribution in [0.25, 0.3) is 0 Å². The number of carbonyl (C=O) groups excluding carboxylic acids is 2. The molecule has 0 aromatic carbocycles. The van der Waals surface area contributed by atoms with Gasteiger partial charge in [-0.2, -0.15) is 0 Å². The fourth-order valence-electron chi connectivity index (χ4n) is 6.81. The summed E-state index contributed by atoms with van der Waals surface area (Å²) in [6, 6.07) is 0. The standard InChI is InChI=1S/C16H18O4/c1-2-19-16-6-9(11-13(16)15(18)20-14(11)17)10-7-3-4-8(5-7)12(10)16/h2,7-13H,1,3-6H2. The van der Waals surface area contributed by atoms with E-state index in [1.807, 2.05) is 0 Å². The Labute approximate surface area is 117 Å². The van der Waals surface area contributed by atoms with E-state index in [2.05, 4.69) is 6.58 Å². The third-order valence-electron chi connectivity index (χ3n) is 6.97. The van der Waals surface area contributed by atoms with Gasteiger partial charge >= 0.3 is 11.9 Å². The smallest absolute Gasteiger partial charge is 0.321 e. The fraction of sp³-hybridized carbons (Fsp3) is 0.750. The lowest BCUT2D eigenvalue weighted by Gasteiger charge is -2.44. The lowest BCUT2D eigenvalue weighted by atomic mass is 9.62. The number of fused-ring (bicyclic) bond motifs is 12. The molecule has 4 heteroatoms. The molecule has 5 fully saturated rings. The fourth-order valence-corrected chi connectivity index (χ4v) is 6.81. The number of carbonyl (C=O) groups is 2. The van der Waals surface area contributed by atoms with E-state index in [0.717, 1.165) is 12.3 Å². The maximum atomic E-state index is 12.2. The molecule has 1 aliphatic heterocycles. The molecule has 4 nitrogen and oxygen atoms in total. The molecule has 0 spiro atoms. The molecule has 5 rings (SSSR count). The Kier molecular flexibility index (Phi) is 1.87. The molecule has 1 saturated heterocycles. The molecule has 8 unspecified atom stereocenters. The Morgan fingerprint density at radius 2 is 2.05 bits per heavy atom. The second-order valence-corrected chi connectivity index (χ2v) is 7.29. The Bertz CT molecular complexity index is 541. The van der Waals surface area contributed by atoms with Gasteiger partial charge in [-0.15, -0.1) is 0 Å². The quantitative estimate of drug-likeness (QED) is 0.334.